The van der Waals surface area contributed by atoms with Crippen molar-refractivity contribution in [3.05, 3.63) is 32.8 Å². The SMILES string of the molecule is Cl.Cl.FC(F)(F)C[C@H](c1cc(Cl)cc(Cl)c1Cl)N1CCNCC1. The molecule has 1 aliphatic heterocycles. The molecule has 1 atom stereocenters. The summed E-state index contributed by atoms with van der Waals surface area (Å²) in [6.07, 6.45) is -5.28. The fourth-order valence-electron chi connectivity index (χ4n) is 2.47. The Morgan fingerprint density at radius 3 is 2.17 bits per heavy atom. The summed E-state index contributed by atoms with van der Waals surface area (Å²) >= 11 is 18.0. The van der Waals surface area contributed by atoms with E-state index >= 15 is 0 Å². The summed E-state index contributed by atoms with van der Waals surface area (Å²) in [6, 6.07) is 2.02. The Labute approximate surface area is 160 Å². The van der Waals surface area contributed by atoms with Crippen LogP contribution >= 0.6 is 59.6 Å². The topological polar surface area (TPSA) is 15.3 Å². The van der Waals surface area contributed by atoms with Crippen LogP contribution in [0, 0.1) is 0 Å². The first-order chi connectivity index (χ1) is 9.78. The lowest BCUT2D eigenvalue weighted by Crippen LogP contribution is -2.46. The fourth-order valence-corrected chi connectivity index (χ4v) is 3.21. The highest BCUT2D eigenvalue weighted by molar-refractivity contribution is 6.43. The molecule has 1 N–H and O–H groups in total. The molecule has 0 amide bonds. The Hall–Kier alpha value is 0.380. The van der Waals surface area contributed by atoms with E-state index in [0.29, 0.717) is 31.7 Å². The third-order valence-corrected chi connectivity index (χ3v) is 4.43. The van der Waals surface area contributed by atoms with Crippen LogP contribution in [0.3, 0.4) is 0 Å². The number of alkyl halides is 3. The van der Waals surface area contributed by atoms with Crippen LogP contribution in [0.25, 0.3) is 0 Å². The summed E-state index contributed by atoms with van der Waals surface area (Å²) in [5.74, 6) is 0. The van der Waals surface area contributed by atoms with E-state index in [2.05, 4.69) is 5.32 Å². The van der Waals surface area contributed by atoms with Crippen LogP contribution in [0.15, 0.2) is 12.1 Å². The van der Waals surface area contributed by atoms with Crippen LogP contribution in [0.1, 0.15) is 18.0 Å². The van der Waals surface area contributed by atoms with E-state index in [1.54, 1.807) is 4.90 Å². The number of halogens is 8. The third-order valence-electron chi connectivity index (χ3n) is 3.40. The third kappa shape index (κ3) is 6.65. The first-order valence-electron chi connectivity index (χ1n) is 6.44. The van der Waals surface area contributed by atoms with Crippen LogP contribution < -0.4 is 5.32 Å². The van der Waals surface area contributed by atoms with Gasteiger partial charge in [0.15, 0.2) is 0 Å². The van der Waals surface area contributed by atoms with Gasteiger partial charge in [0.1, 0.15) is 0 Å². The molecule has 0 bridgehead atoms. The molecule has 1 aromatic carbocycles. The van der Waals surface area contributed by atoms with Gasteiger partial charge in [-0.25, -0.2) is 0 Å². The molecule has 1 saturated heterocycles. The van der Waals surface area contributed by atoms with Gasteiger partial charge in [-0.2, -0.15) is 13.2 Å². The number of hydrogen-bond acceptors (Lipinski definition) is 2. The number of piperazine rings is 1. The van der Waals surface area contributed by atoms with Gasteiger partial charge in [-0.05, 0) is 17.7 Å². The molecule has 1 aliphatic rings. The highest BCUT2D eigenvalue weighted by Gasteiger charge is 2.37. The quantitative estimate of drug-likeness (QED) is 0.642. The highest BCUT2D eigenvalue weighted by atomic mass is 35.5. The first kappa shape index (κ1) is 23.4. The zero-order valence-corrected chi connectivity index (χ0v) is 15.7. The van der Waals surface area contributed by atoms with Crippen molar-refractivity contribution in [2.75, 3.05) is 26.2 Å². The molecule has 1 aromatic rings. The number of hydrogen-bond donors (Lipinski definition) is 1. The van der Waals surface area contributed by atoms with Gasteiger partial charge in [0.2, 0.25) is 0 Å². The first-order valence-corrected chi connectivity index (χ1v) is 7.57. The number of rotatable bonds is 3. The summed E-state index contributed by atoms with van der Waals surface area (Å²) in [7, 11) is 0. The molecule has 2 nitrogen and oxygen atoms in total. The Morgan fingerprint density at radius 2 is 1.65 bits per heavy atom. The molecular formula is C13H16Cl5F3N2. The van der Waals surface area contributed by atoms with Crippen LogP contribution in [0.4, 0.5) is 13.2 Å². The smallest absolute Gasteiger partial charge is 0.314 e. The van der Waals surface area contributed by atoms with Crippen molar-refractivity contribution in [1.29, 1.82) is 0 Å². The van der Waals surface area contributed by atoms with Crippen molar-refractivity contribution in [1.82, 2.24) is 10.2 Å². The largest absolute Gasteiger partial charge is 0.390 e. The molecule has 0 spiro atoms. The van der Waals surface area contributed by atoms with Crippen molar-refractivity contribution in [2.24, 2.45) is 0 Å². The van der Waals surface area contributed by atoms with E-state index in [-0.39, 0.29) is 39.9 Å². The molecule has 0 aromatic heterocycles. The Kier molecular flexibility index (Phi) is 9.92. The van der Waals surface area contributed by atoms with Gasteiger partial charge in [-0.3, -0.25) is 4.90 Å². The van der Waals surface area contributed by atoms with Crippen molar-refractivity contribution in [3.63, 3.8) is 0 Å². The summed E-state index contributed by atoms with van der Waals surface area (Å²) < 4.78 is 38.8. The zero-order chi connectivity index (χ0) is 15.6. The van der Waals surface area contributed by atoms with E-state index in [0.717, 1.165) is 0 Å². The second-order valence-electron chi connectivity index (χ2n) is 4.91. The molecule has 0 unspecified atom stereocenters. The molecule has 134 valence electrons. The molecule has 2 rings (SSSR count). The van der Waals surface area contributed by atoms with E-state index < -0.39 is 18.6 Å². The molecule has 0 radical (unpaired) electrons. The Morgan fingerprint density at radius 1 is 1.09 bits per heavy atom. The highest BCUT2D eigenvalue weighted by Crippen LogP contribution is 2.40. The fraction of sp³-hybridized carbons (Fsp3) is 0.538. The van der Waals surface area contributed by atoms with Gasteiger partial charge >= 0.3 is 6.18 Å². The molecule has 23 heavy (non-hydrogen) atoms. The van der Waals surface area contributed by atoms with Crippen molar-refractivity contribution >= 4 is 59.6 Å². The maximum absolute atomic E-state index is 12.9. The Balaban J connectivity index is 0.00000242. The van der Waals surface area contributed by atoms with Gasteiger partial charge in [0, 0.05) is 37.2 Å². The van der Waals surface area contributed by atoms with Gasteiger partial charge in [-0.15, -0.1) is 24.8 Å². The van der Waals surface area contributed by atoms with Crippen molar-refractivity contribution in [2.45, 2.75) is 18.6 Å². The minimum atomic E-state index is -4.30. The summed E-state index contributed by atoms with van der Waals surface area (Å²) in [5.41, 5.74) is 0.327. The van der Waals surface area contributed by atoms with Crippen LogP contribution in [-0.2, 0) is 0 Å². The standard InChI is InChI=1S/C13H14Cl3F3N2.2ClH/c14-8-5-9(12(16)10(15)6-8)11(7-13(17,18)19)21-3-1-20-2-4-21;;/h5-6,11,20H,1-4,7H2;2*1H/t11-;;/m1../s1. The molecular weight excluding hydrogens is 418 g/mol. The second kappa shape index (κ2) is 9.76. The molecule has 0 saturated carbocycles. The van der Waals surface area contributed by atoms with Gasteiger partial charge in [0.05, 0.1) is 16.5 Å². The number of nitrogens with one attached hydrogen (secondary N) is 1. The van der Waals surface area contributed by atoms with E-state index in [4.69, 9.17) is 34.8 Å². The predicted molar refractivity (Wildman–Crippen MR) is 93.8 cm³/mol. The van der Waals surface area contributed by atoms with Crippen molar-refractivity contribution in [3.8, 4) is 0 Å². The maximum atomic E-state index is 12.9. The molecule has 1 heterocycles. The van der Waals surface area contributed by atoms with E-state index in [9.17, 15) is 13.2 Å². The summed E-state index contributed by atoms with van der Waals surface area (Å²) in [6.45, 7) is 2.31. The normalized spacial score (nSPS) is 17.1. The number of benzene rings is 1. The van der Waals surface area contributed by atoms with Crippen LogP contribution in [0.5, 0.6) is 0 Å². The predicted octanol–water partition coefficient (Wildman–Crippen LogP) is 5.39. The molecule has 0 aliphatic carbocycles. The minimum absolute atomic E-state index is 0. The monoisotopic (exact) mass is 432 g/mol. The maximum Gasteiger partial charge on any atom is 0.390 e. The summed E-state index contributed by atoms with van der Waals surface area (Å²) in [4.78, 5) is 1.76. The number of nitrogens with zero attached hydrogens (tertiary/aromatic N) is 1. The average Bonchev–Trinajstić information content (AvgIpc) is 2.40. The lowest BCUT2D eigenvalue weighted by molar-refractivity contribution is -0.148. The second-order valence-corrected chi connectivity index (χ2v) is 6.13. The Bertz CT molecular complexity index is 507. The molecule has 10 heteroatoms. The average molecular weight is 435 g/mol. The van der Waals surface area contributed by atoms with Gasteiger partial charge in [0.25, 0.3) is 0 Å². The van der Waals surface area contributed by atoms with Crippen molar-refractivity contribution < 1.29 is 13.2 Å². The zero-order valence-electron chi connectivity index (χ0n) is 11.8. The van der Waals surface area contributed by atoms with E-state index in [1.165, 1.54) is 12.1 Å². The molecule has 1 fully saturated rings. The van der Waals surface area contributed by atoms with Gasteiger partial charge in [-0.1, -0.05) is 34.8 Å². The lowest BCUT2D eigenvalue weighted by atomic mass is 10.0. The summed E-state index contributed by atoms with van der Waals surface area (Å²) in [5, 5.41) is 3.69. The minimum Gasteiger partial charge on any atom is -0.314 e. The van der Waals surface area contributed by atoms with Gasteiger partial charge < -0.3 is 5.32 Å². The van der Waals surface area contributed by atoms with E-state index in [1.807, 2.05) is 0 Å². The van der Waals surface area contributed by atoms with Crippen LogP contribution in [-0.4, -0.2) is 37.3 Å². The lowest BCUT2D eigenvalue weighted by Gasteiger charge is -2.36. The van der Waals surface area contributed by atoms with Crippen LogP contribution in [0.2, 0.25) is 15.1 Å².